The van der Waals surface area contributed by atoms with Crippen LogP contribution < -0.4 is 15.4 Å². The Balaban J connectivity index is 1.87. The van der Waals surface area contributed by atoms with Crippen molar-refractivity contribution in [2.45, 2.75) is 18.7 Å². The minimum atomic E-state index is -3.54. The Morgan fingerprint density at radius 2 is 1.94 bits per heavy atom. The van der Waals surface area contributed by atoms with Crippen molar-refractivity contribution in [3.05, 3.63) is 47.9 Å². The zero-order chi connectivity index (χ0) is 23.9. The maximum Gasteiger partial charge on any atom is 0.222 e. The first-order chi connectivity index (χ1) is 15.7. The molecule has 0 fully saturated rings. The van der Waals surface area contributed by atoms with Crippen LogP contribution in [0.5, 0.6) is 5.75 Å². The number of hydrogen-bond acceptors (Lipinski definition) is 8. The van der Waals surface area contributed by atoms with E-state index < -0.39 is 15.7 Å². The first kappa shape index (κ1) is 22.5. The first-order valence-electron chi connectivity index (χ1n) is 10.1. The normalized spacial score (nSPS) is 11.7. The number of halogens is 1. The maximum atomic E-state index is 15.8. The van der Waals surface area contributed by atoms with Gasteiger partial charge < -0.3 is 15.4 Å². The molecular formula is C22H23FN6O3S. The molecule has 11 heteroatoms. The molecular weight excluding hydrogens is 447 g/mol. The van der Waals surface area contributed by atoms with Crippen molar-refractivity contribution < 1.29 is 17.5 Å². The number of nitrogens with zero attached hydrogens (tertiary/aromatic N) is 4. The second-order valence-electron chi connectivity index (χ2n) is 7.44. The van der Waals surface area contributed by atoms with E-state index in [2.05, 4.69) is 20.2 Å². The number of ether oxygens (including phenoxy) is 1. The summed E-state index contributed by atoms with van der Waals surface area (Å²) in [4.78, 5) is 9.72. The predicted molar refractivity (Wildman–Crippen MR) is 125 cm³/mol. The summed E-state index contributed by atoms with van der Waals surface area (Å²) < 4.78 is 45.9. The van der Waals surface area contributed by atoms with Crippen LogP contribution in [0.2, 0.25) is 0 Å². The van der Waals surface area contributed by atoms with Gasteiger partial charge in [0.1, 0.15) is 11.4 Å². The molecule has 3 N–H and O–H groups in total. The van der Waals surface area contributed by atoms with Crippen molar-refractivity contribution in [2.75, 3.05) is 30.5 Å². The second-order valence-corrected chi connectivity index (χ2v) is 9.72. The second kappa shape index (κ2) is 8.32. The first-order valence-corrected chi connectivity index (χ1v) is 11.7. The van der Waals surface area contributed by atoms with Gasteiger partial charge in [0.15, 0.2) is 21.5 Å². The fourth-order valence-electron chi connectivity index (χ4n) is 3.55. The van der Waals surface area contributed by atoms with Crippen molar-refractivity contribution in [1.29, 1.82) is 0 Å². The van der Waals surface area contributed by atoms with Gasteiger partial charge in [0.2, 0.25) is 5.95 Å². The van der Waals surface area contributed by atoms with Crippen molar-refractivity contribution in [3.8, 4) is 17.0 Å². The summed E-state index contributed by atoms with van der Waals surface area (Å²) >= 11 is 0. The fraction of sp³-hybridized carbons (Fsp3) is 0.227. The van der Waals surface area contributed by atoms with E-state index in [9.17, 15) is 8.42 Å². The minimum Gasteiger partial charge on any atom is -0.496 e. The summed E-state index contributed by atoms with van der Waals surface area (Å²) in [6.07, 6.45) is 0. The van der Waals surface area contributed by atoms with Crippen molar-refractivity contribution in [3.63, 3.8) is 0 Å². The predicted octanol–water partition coefficient (Wildman–Crippen LogP) is 3.62. The average Bonchev–Trinajstić information content (AvgIpc) is 3.19. The number of aryl methyl sites for hydroxylation is 1. The molecule has 0 aliphatic heterocycles. The highest BCUT2D eigenvalue weighted by molar-refractivity contribution is 7.91. The van der Waals surface area contributed by atoms with Crippen LogP contribution in [0.15, 0.2) is 41.3 Å². The Hall–Kier alpha value is -3.73. The quantitative estimate of drug-likeness (QED) is 0.437. The lowest BCUT2D eigenvalue weighted by molar-refractivity contribution is 0.415. The van der Waals surface area contributed by atoms with Gasteiger partial charge in [0.25, 0.3) is 0 Å². The van der Waals surface area contributed by atoms with Crippen LogP contribution in [0.3, 0.4) is 0 Å². The van der Waals surface area contributed by atoms with E-state index >= 15 is 4.39 Å². The molecule has 0 amide bonds. The molecule has 0 aliphatic rings. The smallest absolute Gasteiger partial charge is 0.222 e. The van der Waals surface area contributed by atoms with Crippen LogP contribution >= 0.6 is 0 Å². The van der Waals surface area contributed by atoms with Crippen LogP contribution in [0.25, 0.3) is 22.2 Å². The minimum absolute atomic E-state index is 0.0339. The Kier molecular flexibility index (Phi) is 5.66. The molecule has 9 nitrogen and oxygen atoms in total. The number of nitrogen functional groups attached to an aromatic ring is 1. The van der Waals surface area contributed by atoms with Crippen LogP contribution in [0.1, 0.15) is 12.6 Å². The molecule has 2 aromatic carbocycles. The highest BCUT2D eigenvalue weighted by Crippen LogP contribution is 2.37. The van der Waals surface area contributed by atoms with Crippen LogP contribution in [-0.4, -0.2) is 48.5 Å². The van der Waals surface area contributed by atoms with Crippen LogP contribution in [0.4, 0.5) is 21.8 Å². The van der Waals surface area contributed by atoms with Gasteiger partial charge in [-0.3, -0.25) is 5.10 Å². The number of nitrogens with one attached hydrogen (secondary N) is 1. The number of H-pyrrole nitrogens is 1. The molecule has 0 unspecified atom stereocenters. The highest BCUT2D eigenvalue weighted by Gasteiger charge is 2.24. The molecule has 4 aromatic rings. The van der Waals surface area contributed by atoms with Crippen molar-refractivity contribution in [1.82, 2.24) is 20.2 Å². The van der Waals surface area contributed by atoms with Gasteiger partial charge in [-0.1, -0.05) is 6.92 Å². The van der Waals surface area contributed by atoms with Crippen molar-refractivity contribution >= 4 is 38.2 Å². The Morgan fingerprint density at radius 1 is 1.18 bits per heavy atom. The number of aromatic amines is 1. The van der Waals surface area contributed by atoms with E-state index in [-0.39, 0.29) is 39.4 Å². The molecule has 0 saturated carbocycles. The number of benzene rings is 2. The molecule has 0 bridgehead atoms. The Labute approximate surface area is 190 Å². The molecule has 2 heterocycles. The number of nitrogens with two attached hydrogens (primary N) is 1. The monoisotopic (exact) mass is 470 g/mol. The SMILES string of the molecule is CCS(=O)(=O)c1ccc(OC)c(-c2nc(N)nc(N(C)c3ccc4c(C)[nH]nc4c3)c2F)c1. The number of sulfone groups is 1. The lowest BCUT2D eigenvalue weighted by Crippen LogP contribution is -2.16. The van der Waals surface area contributed by atoms with Gasteiger partial charge in [-0.25, -0.2) is 17.8 Å². The number of aromatic nitrogens is 4. The lowest BCUT2D eigenvalue weighted by Gasteiger charge is -2.21. The molecule has 0 aliphatic carbocycles. The lowest BCUT2D eigenvalue weighted by atomic mass is 10.1. The number of anilines is 3. The zero-order valence-electron chi connectivity index (χ0n) is 18.5. The highest BCUT2D eigenvalue weighted by atomic mass is 32.2. The van der Waals surface area contributed by atoms with Crippen molar-refractivity contribution in [2.24, 2.45) is 0 Å². The third-order valence-corrected chi connectivity index (χ3v) is 7.18. The molecule has 0 spiro atoms. The van der Waals surface area contributed by atoms with E-state index in [0.717, 1.165) is 16.6 Å². The molecule has 172 valence electrons. The van der Waals surface area contributed by atoms with Gasteiger partial charge in [0, 0.05) is 29.4 Å². The van der Waals surface area contributed by atoms with E-state index in [1.807, 2.05) is 19.1 Å². The molecule has 0 saturated heterocycles. The number of methoxy groups -OCH3 is 1. The number of hydrogen-bond donors (Lipinski definition) is 2. The largest absolute Gasteiger partial charge is 0.496 e. The maximum absolute atomic E-state index is 15.8. The molecule has 2 aromatic heterocycles. The van der Waals surface area contributed by atoms with E-state index in [1.54, 1.807) is 13.1 Å². The van der Waals surface area contributed by atoms with Gasteiger partial charge in [0.05, 0.1) is 23.3 Å². The average molecular weight is 471 g/mol. The van der Waals surface area contributed by atoms with Gasteiger partial charge in [-0.15, -0.1) is 0 Å². The van der Waals surface area contributed by atoms with Gasteiger partial charge in [-0.05, 0) is 43.3 Å². The summed E-state index contributed by atoms with van der Waals surface area (Å²) in [5, 5.41) is 8.12. The molecule has 4 rings (SSSR count). The van der Waals surface area contributed by atoms with E-state index in [1.165, 1.54) is 37.1 Å². The molecule has 0 radical (unpaired) electrons. The third kappa shape index (κ3) is 3.95. The standard InChI is InChI=1S/C22H23FN6O3S/c1-5-33(30,31)14-7-9-18(32-4)16(11-14)20-19(23)21(26-22(24)25-20)29(3)13-6-8-15-12(2)27-28-17(15)10-13/h6-11H,5H2,1-4H3,(H,27,28)(H2,24,25,26). The van der Waals surface area contributed by atoms with Crippen LogP contribution in [0, 0.1) is 12.7 Å². The summed E-state index contributed by atoms with van der Waals surface area (Å²) in [6.45, 7) is 3.45. The Bertz CT molecular complexity index is 1470. The molecule has 0 atom stereocenters. The van der Waals surface area contributed by atoms with Gasteiger partial charge >= 0.3 is 0 Å². The summed E-state index contributed by atoms with van der Waals surface area (Å²) in [5.74, 6) is -0.861. The van der Waals surface area contributed by atoms with Crippen LogP contribution in [-0.2, 0) is 9.84 Å². The third-order valence-electron chi connectivity index (χ3n) is 5.45. The Morgan fingerprint density at radius 3 is 2.64 bits per heavy atom. The van der Waals surface area contributed by atoms with E-state index in [4.69, 9.17) is 10.5 Å². The number of fused-ring (bicyclic) bond motifs is 1. The number of rotatable bonds is 6. The topological polar surface area (TPSA) is 127 Å². The molecule has 33 heavy (non-hydrogen) atoms. The van der Waals surface area contributed by atoms with Gasteiger partial charge in [-0.2, -0.15) is 10.1 Å². The summed E-state index contributed by atoms with van der Waals surface area (Å²) in [7, 11) is -0.488. The summed E-state index contributed by atoms with van der Waals surface area (Å²) in [6, 6.07) is 9.71. The fourth-order valence-corrected chi connectivity index (χ4v) is 4.46. The summed E-state index contributed by atoms with van der Waals surface area (Å²) in [5.41, 5.74) is 8.20. The van der Waals surface area contributed by atoms with E-state index in [0.29, 0.717) is 5.69 Å². The zero-order valence-corrected chi connectivity index (χ0v) is 19.4.